The van der Waals surface area contributed by atoms with Gasteiger partial charge >= 0.3 is 0 Å². The van der Waals surface area contributed by atoms with Crippen LogP contribution in [0.2, 0.25) is 0 Å². The lowest BCUT2D eigenvalue weighted by Crippen LogP contribution is -3.14. The lowest BCUT2D eigenvalue weighted by molar-refractivity contribution is -0.649. The van der Waals surface area contributed by atoms with E-state index in [-0.39, 0.29) is 5.41 Å². The number of ether oxygens (including phenoxy) is 1. The minimum absolute atomic E-state index is 0.164. The van der Waals surface area contributed by atoms with E-state index in [1.54, 1.807) is 0 Å². The molecule has 7 rings (SSSR count). The van der Waals surface area contributed by atoms with Crippen LogP contribution >= 0.6 is 0 Å². The highest BCUT2D eigenvalue weighted by Gasteiger charge is 3.12. The van der Waals surface area contributed by atoms with Gasteiger partial charge in [-0.05, 0) is 54.8 Å². The molecule has 0 aromatic carbocycles. The van der Waals surface area contributed by atoms with Crippen LogP contribution in [-0.4, -0.2) is 36.6 Å². The van der Waals surface area contributed by atoms with Crippen LogP contribution < -0.4 is 0 Å². The minimum atomic E-state index is 0.164. The first kappa shape index (κ1) is 9.35. The Morgan fingerprint density at radius 1 is 1.00 bits per heavy atom. The average Bonchev–Trinajstić information content (AvgIpc) is 2.47. The van der Waals surface area contributed by atoms with Crippen molar-refractivity contribution >= 4 is 5.91 Å². The molecule has 0 N–H and O–H groups in total. The van der Waals surface area contributed by atoms with E-state index in [4.69, 9.17) is 4.74 Å². The van der Waals surface area contributed by atoms with Crippen molar-refractivity contribution in [1.82, 2.24) is 4.90 Å². The Balaban J connectivity index is 1.32. The molecule has 0 spiro atoms. The second kappa shape index (κ2) is 2.28. The van der Waals surface area contributed by atoms with Crippen molar-refractivity contribution in [2.45, 2.75) is 24.9 Å². The maximum atomic E-state index is 12.9. The minimum Gasteiger partial charge on any atom is -0.377 e. The maximum Gasteiger partial charge on any atom is 0.229 e. The molecule has 6 saturated carbocycles. The number of hydrogen-bond acceptors (Lipinski definition) is 2. The van der Waals surface area contributed by atoms with E-state index in [2.05, 4.69) is 4.90 Å². The number of nitrogens with zero attached hydrogens (tertiary/aromatic N) is 1. The smallest absolute Gasteiger partial charge is 0.229 e. The van der Waals surface area contributed by atoms with Crippen LogP contribution in [0, 0.1) is 40.9 Å². The van der Waals surface area contributed by atoms with Gasteiger partial charge in [0, 0.05) is 20.2 Å². The maximum absolute atomic E-state index is 12.9. The van der Waals surface area contributed by atoms with E-state index in [1.165, 1.54) is 19.3 Å². The summed E-state index contributed by atoms with van der Waals surface area (Å²) in [4.78, 5) is 15.1. The summed E-state index contributed by atoms with van der Waals surface area (Å²) in [6, 6.07) is 0. The Morgan fingerprint density at radius 2 is 1.56 bits per heavy atom. The fourth-order valence-electron chi connectivity index (χ4n) is 7.64. The predicted octanol–water partition coefficient (Wildman–Crippen LogP) is 1.14. The van der Waals surface area contributed by atoms with Crippen molar-refractivity contribution in [3.05, 3.63) is 0 Å². The Hall–Kier alpha value is -0.570. The fourth-order valence-corrected chi connectivity index (χ4v) is 7.64. The molecule has 96 valence electrons. The molecule has 18 heavy (non-hydrogen) atoms. The summed E-state index contributed by atoms with van der Waals surface area (Å²) < 4.78 is 5.80. The van der Waals surface area contributed by atoms with E-state index >= 15 is 0 Å². The summed E-state index contributed by atoms with van der Waals surface area (Å²) in [5.41, 5.74) is 0.460. The van der Waals surface area contributed by atoms with Gasteiger partial charge in [0.1, 0.15) is 0 Å². The van der Waals surface area contributed by atoms with Gasteiger partial charge in [-0.25, -0.2) is 0 Å². The van der Waals surface area contributed by atoms with Crippen molar-refractivity contribution in [3.8, 4) is 0 Å². The number of carbonyl (C=O) groups is 1. The molecule has 0 unspecified atom stereocenters. The van der Waals surface area contributed by atoms with Gasteiger partial charge in [-0.1, -0.05) is 0 Å². The highest BCUT2D eigenvalue weighted by Crippen LogP contribution is 3.07. The largest absolute Gasteiger partial charge is 0.377 e. The first-order valence-corrected chi connectivity index (χ1v) is 7.65. The summed E-state index contributed by atoms with van der Waals surface area (Å²) in [6.07, 6.45) is 3.76. The van der Waals surface area contributed by atoms with Crippen LogP contribution in [0.1, 0.15) is 19.3 Å². The SMILES string of the molecule is COC12C3C4C1C1C2C3C41C(=O)N1CCCCC1. The summed E-state index contributed by atoms with van der Waals surface area (Å²) in [5, 5.41) is 0. The molecule has 0 radical (unpaired) electrons. The summed E-state index contributed by atoms with van der Waals surface area (Å²) >= 11 is 0. The molecule has 0 atom stereocenters. The van der Waals surface area contributed by atoms with Gasteiger partial charge in [-0.3, -0.25) is 4.79 Å². The Labute approximate surface area is 107 Å². The quantitative estimate of drug-likeness (QED) is 0.730. The number of rotatable bonds is 2. The normalized spacial score (nSPS) is 67.9. The lowest BCUT2D eigenvalue weighted by Gasteiger charge is -3.09. The molecule has 7 fully saturated rings. The highest BCUT2D eigenvalue weighted by molar-refractivity contribution is 5.93. The Morgan fingerprint density at radius 3 is 2.06 bits per heavy atom. The fraction of sp³-hybridized carbons (Fsp3) is 0.933. The highest BCUT2D eigenvalue weighted by atomic mass is 16.5. The molecule has 0 bridgehead atoms. The molecule has 1 amide bonds. The third-order valence-electron chi connectivity index (χ3n) is 7.91. The zero-order chi connectivity index (χ0) is 11.9. The molecule has 3 nitrogen and oxygen atoms in total. The molecule has 1 saturated heterocycles. The van der Waals surface area contributed by atoms with Crippen LogP contribution in [0.3, 0.4) is 0 Å². The molecule has 3 heteroatoms. The van der Waals surface area contributed by atoms with Crippen LogP contribution in [0.4, 0.5) is 0 Å². The summed E-state index contributed by atoms with van der Waals surface area (Å²) in [7, 11) is 1.89. The number of methoxy groups -OCH3 is 1. The van der Waals surface area contributed by atoms with E-state index in [0.29, 0.717) is 11.5 Å². The molecule has 6 aliphatic carbocycles. The van der Waals surface area contributed by atoms with Crippen LogP contribution in [0.15, 0.2) is 0 Å². The van der Waals surface area contributed by atoms with Crippen molar-refractivity contribution in [2.75, 3.05) is 20.2 Å². The molecule has 7 aliphatic rings. The Bertz CT molecular complexity index is 439. The van der Waals surface area contributed by atoms with Crippen molar-refractivity contribution in [2.24, 2.45) is 40.9 Å². The van der Waals surface area contributed by atoms with Gasteiger partial charge in [0.15, 0.2) is 0 Å². The van der Waals surface area contributed by atoms with Crippen molar-refractivity contribution in [3.63, 3.8) is 0 Å². The number of likely N-dealkylation sites (tertiary alicyclic amines) is 1. The molecule has 1 heterocycles. The molecule has 0 aromatic heterocycles. The third-order valence-corrected chi connectivity index (χ3v) is 7.91. The van der Waals surface area contributed by atoms with E-state index < -0.39 is 0 Å². The predicted molar refractivity (Wildman–Crippen MR) is 63.5 cm³/mol. The van der Waals surface area contributed by atoms with Gasteiger partial charge in [0.25, 0.3) is 0 Å². The third kappa shape index (κ3) is 0.497. The van der Waals surface area contributed by atoms with Crippen molar-refractivity contribution in [1.29, 1.82) is 0 Å². The molecular weight excluding hydrogens is 226 g/mol. The van der Waals surface area contributed by atoms with Crippen LogP contribution in [0.5, 0.6) is 0 Å². The van der Waals surface area contributed by atoms with Gasteiger partial charge in [0.05, 0.1) is 11.0 Å². The van der Waals surface area contributed by atoms with E-state index in [1.807, 2.05) is 7.11 Å². The zero-order valence-electron chi connectivity index (χ0n) is 10.8. The van der Waals surface area contributed by atoms with Gasteiger partial charge in [0.2, 0.25) is 5.91 Å². The number of piperidine rings is 1. The molecule has 1 aliphatic heterocycles. The molecular formula is C15H19NO2. The monoisotopic (exact) mass is 245 g/mol. The standard InChI is InChI=1S/C15H19NO2/c1-18-15-10-7-11(15)9-12(15)8(10)14(7,9)13(17)16-5-3-2-4-6-16/h7-12H,2-6H2,1H3. The number of hydrogen-bond donors (Lipinski definition) is 0. The molecule has 0 aromatic rings. The second-order valence-electron chi connectivity index (χ2n) is 7.50. The van der Waals surface area contributed by atoms with Crippen LogP contribution in [0.25, 0.3) is 0 Å². The average molecular weight is 245 g/mol. The van der Waals surface area contributed by atoms with Gasteiger partial charge < -0.3 is 9.64 Å². The zero-order valence-corrected chi connectivity index (χ0v) is 10.8. The summed E-state index contributed by atoms with van der Waals surface area (Å²) in [5.74, 6) is 5.14. The Kier molecular flexibility index (Phi) is 1.18. The topological polar surface area (TPSA) is 29.5 Å². The second-order valence-corrected chi connectivity index (χ2v) is 7.50. The first-order valence-electron chi connectivity index (χ1n) is 7.65. The first-order chi connectivity index (χ1) is 8.81. The van der Waals surface area contributed by atoms with E-state index in [9.17, 15) is 4.79 Å². The number of amides is 1. The number of carbonyl (C=O) groups excluding carboxylic acids is 1. The van der Waals surface area contributed by atoms with Gasteiger partial charge in [-0.15, -0.1) is 0 Å². The van der Waals surface area contributed by atoms with Crippen molar-refractivity contribution < 1.29 is 9.53 Å². The lowest BCUT2D eigenvalue weighted by atomic mass is 8.94. The summed E-state index contributed by atoms with van der Waals surface area (Å²) in [6.45, 7) is 2.06. The van der Waals surface area contributed by atoms with E-state index in [0.717, 1.165) is 48.6 Å². The van der Waals surface area contributed by atoms with Crippen LogP contribution in [-0.2, 0) is 9.53 Å². The van der Waals surface area contributed by atoms with Gasteiger partial charge in [-0.2, -0.15) is 0 Å².